The normalized spacial score (nSPS) is 11.4. The number of para-hydroxylation sites is 2. The van der Waals surface area contributed by atoms with Crippen molar-refractivity contribution in [3.8, 4) is 0 Å². The molecule has 0 aliphatic rings. The zero-order valence-corrected chi connectivity index (χ0v) is 37.8. The summed E-state index contributed by atoms with van der Waals surface area (Å²) in [6, 6.07) is 25.9. The summed E-state index contributed by atoms with van der Waals surface area (Å²) in [5.74, 6) is 0.641. The van der Waals surface area contributed by atoms with Crippen molar-refractivity contribution >= 4 is 90.8 Å². The second kappa shape index (κ2) is 21.1. The first-order valence-electron chi connectivity index (χ1n) is 17.9. The van der Waals surface area contributed by atoms with Crippen molar-refractivity contribution in [3.63, 3.8) is 0 Å². The number of aliphatic hydroxyl groups is 2. The van der Waals surface area contributed by atoms with Crippen LogP contribution in [0.1, 0.15) is 14.0 Å². The van der Waals surface area contributed by atoms with Crippen LogP contribution in [0.15, 0.2) is 107 Å². The van der Waals surface area contributed by atoms with Gasteiger partial charge in [-0.2, -0.15) is 38.3 Å². The summed E-state index contributed by atoms with van der Waals surface area (Å²) in [6.07, 6.45) is 2.45. The molecule has 0 unspecified atom stereocenters. The zero-order chi connectivity index (χ0) is 42.9. The molecule has 0 aliphatic heterocycles. The van der Waals surface area contributed by atoms with E-state index in [9.17, 15) is 36.2 Å². The minimum atomic E-state index is -5.11. The van der Waals surface area contributed by atoms with Gasteiger partial charge in [0.05, 0.1) is 18.1 Å². The summed E-state index contributed by atoms with van der Waals surface area (Å²) in [5.41, 5.74) is 1.49. The molecule has 0 spiro atoms. The van der Waals surface area contributed by atoms with E-state index in [1.54, 1.807) is 48.2 Å². The Morgan fingerprint density at radius 2 is 0.951 bits per heavy atom. The van der Waals surface area contributed by atoms with E-state index < -0.39 is 30.0 Å². The molecule has 0 amide bonds. The molecule has 6 rings (SSSR count). The van der Waals surface area contributed by atoms with Gasteiger partial charge >= 0.3 is 52.8 Å². The minimum absolute atomic E-state index is 0. The SMILES string of the molecule is CN(CCO)c1nc(Nc2ccccc2)nc(Nc2ccc(C=Cc3ccc(Nc4nc(Nc5ccccc5)nc(N(C)CCO)n4)cc3S(=O)(=O)O)c(S(=O)(=O)[O-])c2)n1.[H+].[H-].[K+]. The number of hydrogen-bond acceptors (Lipinski definition) is 19. The van der Waals surface area contributed by atoms with Crippen molar-refractivity contribution < 1.29 is 90.4 Å². The Morgan fingerprint density at radius 1 is 0.590 bits per heavy atom. The van der Waals surface area contributed by atoms with E-state index in [1.807, 2.05) is 36.4 Å². The van der Waals surface area contributed by atoms with Gasteiger partial charge in [-0.05, 0) is 59.7 Å². The van der Waals surface area contributed by atoms with E-state index >= 15 is 0 Å². The number of nitrogens with zero attached hydrogens (tertiary/aromatic N) is 8. The summed E-state index contributed by atoms with van der Waals surface area (Å²) in [6.45, 7) is 0.0420. The van der Waals surface area contributed by atoms with Crippen LogP contribution in [-0.2, 0) is 20.2 Å². The molecular formula is C38H41KN12O8S2. The number of benzene rings is 4. The number of nitrogens with one attached hydrogen (secondary N) is 4. The molecular weight excluding hydrogens is 856 g/mol. The summed E-state index contributed by atoms with van der Waals surface area (Å²) >= 11 is 0. The Morgan fingerprint density at radius 3 is 1.31 bits per heavy atom. The molecule has 0 aliphatic carbocycles. The number of hydrogen-bond donors (Lipinski definition) is 7. The standard InChI is InChI=1S/C38H40N12O8S2.K.H/c1-49(19-21-51)37-45-33(39-27-9-5-3-6-10-27)43-35(47-37)41-29-17-15-25(31(23-29)59(53,54)55)13-14-26-16-18-30(24-32(26)60(56,57)58)42-36-44-34(40-28-11-7-4-8-12-28)46-38(48-36)50(2)20-22-52;;/h3-18,23-24,51-52H,19-22H2,1-2H3,(H,53,54,55)(H,56,57,58)(H2,39,41,43,45,47)(H2,40,42,44,46,48);;/q;+1;-1. The first kappa shape index (κ1) is 46.9. The van der Waals surface area contributed by atoms with Gasteiger partial charge < -0.3 is 47.3 Å². The van der Waals surface area contributed by atoms with E-state index in [-0.39, 0.29) is 139 Å². The molecule has 0 saturated carbocycles. The molecule has 2 heterocycles. The Labute approximate surface area is 397 Å². The van der Waals surface area contributed by atoms with Crippen LogP contribution in [0, 0.1) is 0 Å². The quantitative estimate of drug-likeness (QED) is 0.0365. The molecule has 0 bridgehead atoms. The van der Waals surface area contributed by atoms with E-state index in [1.165, 1.54) is 36.4 Å². The topological polar surface area (TPSA) is 284 Å². The Kier molecular flexibility index (Phi) is 16.2. The van der Waals surface area contributed by atoms with Crippen molar-refractivity contribution in [2.75, 3.05) is 71.5 Å². The Balaban J connectivity index is 0.00000352. The summed E-state index contributed by atoms with van der Waals surface area (Å²) in [7, 11) is -6.66. The van der Waals surface area contributed by atoms with Gasteiger partial charge in [0.2, 0.25) is 35.7 Å². The Hall–Kier alpha value is -5.18. The van der Waals surface area contributed by atoms with E-state index in [0.717, 1.165) is 12.1 Å². The third-order valence-corrected chi connectivity index (χ3v) is 10.2. The van der Waals surface area contributed by atoms with Gasteiger partial charge in [-0.25, -0.2) is 8.42 Å². The van der Waals surface area contributed by atoms with Crippen LogP contribution < -0.4 is 82.5 Å². The van der Waals surface area contributed by atoms with E-state index in [0.29, 0.717) is 11.4 Å². The fourth-order valence-corrected chi connectivity index (χ4v) is 6.88. The molecule has 0 fully saturated rings. The average Bonchev–Trinajstić information content (AvgIpc) is 3.20. The molecule has 0 saturated heterocycles. The maximum Gasteiger partial charge on any atom is 1.00 e. The van der Waals surface area contributed by atoms with Crippen LogP contribution in [-0.4, -0.2) is 106 Å². The van der Waals surface area contributed by atoms with Crippen LogP contribution in [0.25, 0.3) is 12.2 Å². The molecule has 0 radical (unpaired) electrons. The molecule has 20 nitrogen and oxygen atoms in total. The van der Waals surface area contributed by atoms with Crippen molar-refractivity contribution in [1.29, 1.82) is 0 Å². The second-order valence-corrected chi connectivity index (χ2v) is 15.6. The molecule has 23 heteroatoms. The summed E-state index contributed by atoms with van der Waals surface area (Å²) in [4.78, 5) is 28.3. The van der Waals surface area contributed by atoms with Crippen molar-refractivity contribution in [3.05, 3.63) is 108 Å². The van der Waals surface area contributed by atoms with E-state index in [2.05, 4.69) is 51.2 Å². The number of rotatable bonds is 18. The van der Waals surface area contributed by atoms with Gasteiger partial charge in [-0.1, -0.05) is 60.7 Å². The largest absolute Gasteiger partial charge is 1.00 e. The zero-order valence-electron chi connectivity index (χ0n) is 35.0. The number of aliphatic hydroxyl groups excluding tert-OH is 2. The molecule has 61 heavy (non-hydrogen) atoms. The van der Waals surface area contributed by atoms with Crippen LogP contribution >= 0.6 is 0 Å². The minimum Gasteiger partial charge on any atom is -1.00 e. The van der Waals surface area contributed by atoms with Crippen LogP contribution in [0.4, 0.5) is 58.4 Å². The molecule has 2 aromatic heterocycles. The Bertz CT molecular complexity index is 2530. The maximum absolute atomic E-state index is 12.6. The smallest absolute Gasteiger partial charge is 1.00 e. The number of likely N-dealkylation sites (N-methyl/N-ethyl adjacent to an activating group) is 2. The fraction of sp³-hybridized carbons (Fsp3) is 0.158. The molecule has 4 aromatic carbocycles. The molecule has 6 aromatic rings. The van der Waals surface area contributed by atoms with Crippen molar-refractivity contribution in [2.45, 2.75) is 9.79 Å². The molecule has 314 valence electrons. The second-order valence-electron chi connectivity index (χ2n) is 12.9. The van der Waals surface area contributed by atoms with Gasteiger partial charge in [-0.15, -0.1) is 0 Å². The maximum atomic E-state index is 12.6. The average molecular weight is 897 g/mol. The number of anilines is 10. The van der Waals surface area contributed by atoms with E-state index in [4.69, 9.17) is 0 Å². The number of aromatic nitrogens is 6. The van der Waals surface area contributed by atoms with Crippen LogP contribution in [0.3, 0.4) is 0 Å². The third-order valence-electron chi connectivity index (χ3n) is 8.39. The van der Waals surface area contributed by atoms with Crippen LogP contribution in [0.2, 0.25) is 0 Å². The monoisotopic (exact) mass is 896 g/mol. The van der Waals surface area contributed by atoms with Crippen molar-refractivity contribution in [1.82, 2.24) is 29.9 Å². The van der Waals surface area contributed by atoms with Crippen molar-refractivity contribution in [2.24, 2.45) is 0 Å². The summed E-state index contributed by atoms with van der Waals surface area (Å²) < 4.78 is 73.1. The summed E-state index contributed by atoms with van der Waals surface area (Å²) in [5, 5.41) is 30.9. The predicted octanol–water partition coefficient (Wildman–Crippen LogP) is 1.44. The molecule has 7 N–H and O–H groups in total. The predicted molar refractivity (Wildman–Crippen MR) is 228 cm³/mol. The first-order chi connectivity index (χ1) is 28.7. The van der Waals surface area contributed by atoms with Gasteiger partial charge in [0.1, 0.15) is 15.0 Å². The molecule has 0 atom stereocenters. The van der Waals surface area contributed by atoms with Gasteiger partial charge in [0.15, 0.2) is 0 Å². The van der Waals surface area contributed by atoms with Gasteiger partial charge in [-0.3, -0.25) is 4.55 Å². The van der Waals surface area contributed by atoms with Gasteiger partial charge in [0.25, 0.3) is 10.1 Å². The third kappa shape index (κ3) is 13.2. The first-order valence-corrected chi connectivity index (χ1v) is 20.8. The fourth-order valence-electron chi connectivity index (χ4n) is 5.47. The van der Waals surface area contributed by atoms with Crippen LogP contribution in [0.5, 0.6) is 0 Å². The van der Waals surface area contributed by atoms with Gasteiger partial charge in [0, 0.05) is 49.9 Å².